The average molecular weight is 336 g/mol. The molecule has 1 aliphatic heterocycles. The SMILES string of the molecule is C=CCN1C(=O)S/C(=C/c2cc([N+](=O)[O-])cc(OC)c2O)C1=O. The van der Waals surface area contributed by atoms with E-state index in [0.29, 0.717) is 11.8 Å². The van der Waals surface area contributed by atoms with Crippen molar-refractivity contribution in [3.63, 3.8) is 0 Å². The van der Waals surface area contributed by atoms with Crippen LogP contribution in [0.25, 0.3) is 6.08 Å². The van der Waals surface area contributed by atoms with Crippen molar-refractivity contribution in [1.82, 2.24) is 4.90 Å². The van der Waals surface area contributed by atoms with E-state index < -0.39 is 16.1 Å². The molecule has 0 aromatic heterocycles. The van der Waals surface area contributed by atoms with Crippen molar-refractivity contribution < 1.29 is 24.4 Å². The number of nitrogens with zero attached hydrogens (tertiary/aromatic N) is 2. The van der Waals surface area contributed by atoms with E-state index in [9.17, 15) is 24.8 Å². The number of phenolic OH excluding ortho intramolecular Hbond substituents is 1. The number of benzene rings is 1. The smallest absolute Gasteiger partial charge is 0.293 e. The summed E-state index contributed by atoms with van der Waals surface area (Å²) in [4.78, 5) is 35.2. The third-order valence-corrected chi connectivity index (χ3v) is 3.90. The fourth-order valence-corrected chi connectivity index (χ4v) is 2.75. The summed E-state index contributed by atoms with van der Waals surface area (Å²) in [6.07, 6.45) is 2.63. The van der Waals surface area contributed by atoms with Crippen molar-refractivity contribution in [3.05, 3.63) is 45.4 Å². The summed E-state index contributed by atoms with van der Waals surface area (Å²) in [7, 11) is 1.25. The lowest BCUT2D eigenvalue weighted by Crippen LogP contribution is -2.27. The van der Waals surface area contributed by atoms with Crippen molar-refractivity contribution in [3.8, 4) is 11.5 Å². The fraction of sp³-hybridized carbons (Fsp3) is 0.143. The summed E-state index contributed by atoms with van der Waals surface area (Å²) in [5.41, 5.74) is -0.295. The molecule has 0 spiro atoms. The van der Waals surface area contributed by atoms with E-state index >= 15 is 0 Å². The zero-order chi connectivity index (χ0) is 17.1. The van der Waals surface area contributed by atoms with E-state index in [1.165, 1.54) is 19.3 Å². The molecule has 1 heterocycles. The number of nitro benzene ring substituents is 1. The maximum absolute atomic E-state index is 12.1. The molecular formula is C14H12N2O6S. The van der Waals surface area contributed by atoms with Gasteiger partial charge < -0.3 is 9.84 Å². The first-order valence-corrected chi connectivity index (χ1v) is 7.12. The van der Waals surface area contributed by atoms with Gasteiger partial charge in [0.25, 0.3) is 16.8 Å². The van der Waals surface area contributed by atoms with E-state index in [0.717, 1.165) is 17.0 Å². The maximum Gasteiger partial charge on any atom is 0.293 e. The topological polar surface area (TPSA) is 110 Å². The van der Waals surface area contributed by atoms with Crippen LogP contribution in [-0.4, -0.2) is 39.7 Å². The van der Waals surface area contributed by atoms with Crippen molar-refractivity contribution >= 4 is 34.7 Å². The molecule has 1 N–H and O–H groups in total. The molecule has 0 aliphatic carbocycles. The molecule has 120 valence electrons. The number of carbonyl (C=O) groups excluding carboxylic acids is 2. The Bertz CT molecular complexity index is 743. The van der Waals surface area contributed by atoms with Gasteiger partial charge in [-0.05, 0) is 17.8 Å². The van der Waals surface area contributed by atoms with Crippen LogP contribution in [0.4, 0.5) is 10.5 Å². The minimum Gasteiger partial charge on any atom is -0.504 e. The standard InChI is InChI=1S/C14H12N2O6S/c1-3-4-15-13(18)11(23-14(15)19)6-8-5-9(16(20)21)7-10(22-2)12(8)17/h3,5-7,17H,1,4H2,2H3/b11-6+. The quantitative estimate of drug-likeness (QED) is 0.381. The highest BCUT2D eigenvalue weighted by atomic mass is 32.2. The molecule has 2 amide bonds. The molecule has 0 bridgehead atoms. The van der Waals surface area contributed by atoms with Crippen molar-refractivity contribution in [2.75, 3.05) is 13.7 Å². The van der Waals surface area contributed by atoms with Crippen LogP contribution < -0.4 is 4.74 Å². The van der Waals surface area contributed by atoms with Gasteiger partial charge in [-0.25, -0.2) is 0 Å². The first-order chi connectivity index (χ1) is 10.9. The van der Waals surface area contributed by atoms with E-state index in [4.69, 9.17) is 4.74 Å². The van der Waals surface area contributed by atoms with Gasteiger partial charge in [0, 0.05) is 18.2 Å². The lowest BCUT2D eigenvalue weighted by Gasteiger charge is -2.08. The summed E-state index contributed by atoms with van der Waals surface area (Å²) < 4.78 is 4.88. The molecule has 1 aromatic rings. The van der Waals surface area contributed by atoms with Gasteiger partial charge in [0.1, 0.15) is 0 Å². The molecule has 1 aliphatic rings. The molecule has 9 heteroatoms. The maximum atomic E-state index is 12.1. The number of imide groups is 1. The number of non-ortho nitro benzene ring substituents is 1. The van der Waals surface area contributed by atoms with Crippen LogP contribution in [-0.2, 0) is 4.79 Å². The molecule has 8 nitrogen and oxygen atoms in total. The van der Waals surface area contributed by atoms with Crippen LogP contribution in [0, 0.1) is 10.1 Å². The summed E-state index contributed by atoms with van der Waals surface area (Å²) in [5.74, 6) is -1.01. The molecule has 0 atom stereocenters. The minimum absolute atomic E-state index is 0.0140. The molecule has 2 rings (SSSR count). The third kappa shape index (κ3) is 3.19. The number of methoxy groups -OCH3 is 1. The molecule has 0 radical (unpaired) electrons. The van der Waals surface area contributed by atoms with E-state index in [-0.39, 0.29) is 34.2 Å². The third-order valence-electron chi connectivity index (χ3n) is 2.99. The Morgan fingerprint density at radius 3 is 2.74 bits per heavy atom. The Morgan fingerprint density at radius 2 is 2.17 bits per heavy atom. The zero-order valence-electron chi connectivity index (χ0n) is 12.0. The number of aromatic hydroxyl groups is 1. The van der Waals surface area contributed by atoms with Gasteiger partial charge in [-0.3, -0.25) is 24.6 Å². The monoisotopic (exact) mass is 336 g/mol. The number of phenols is 1. The number of amides is 2. The van der Waals surface area contributed by atoms with Gasteiger partial charge in [0.2, 0.25) is 0 Å². The summed E-state index contributed by atoms with van der Waals surface area (Å²) in [5, 5.41) is 20.5. The Balaban J connectivity index is 2.48. The number of rotatable bonds is 5. The summed E-state index contributed by atoms with van der Waals surface area (Å²) >= 11 is 0.682. The highest BCUT2D eigenvalue weighted by Gasteiger charge is 2.34. The Hall–Kier alpha value is -2.81. The Kier molecular flexibility index (Phi) is 4.70. The molecule has 23 heavy (non-hydrogen) atoms. The zero-order valence-corrected chi connectivity index (χ0v) is 12.8. The van der Waals surface area contributed by atoms with Gasteiger partial charge >= 0.3 is 0 Å². The first-order valence-electron chi connectivity index (χ1n) is 6.30. The normalized spacial score (nSPS) is 16.0. The van der Waals surface area contributed by atoms with Crippen LogP contribution in [0.1, 0.15) is 5.56 Å². The first kappa shape index (κ1) is 16.6. The van der Waals surface area contributed by atoms with Gasteiger partial charge in [-0.2, -0.15) is 0 Å². The van der Waals surface area contributed by atoms with E-state index in [1.54, 1.807) is 0 Å². The molecule has 1 fully saturated rings. The van der Waals surface area contributed by atoms with Crippen LogP contribution in [0.2, 0.25) is 0 Å². The number of thioether (sulfide) groups is 1. The fourth-order valence-electron chi connectivity index (χ4n) is 1.91. The van der Waals surface area contributed by atoms with E-state index in [2.05, 4.69) is 6.58 Å². The van der Waals surface area contributed by atoms with Crippen molar-refractivity contribution in [2.45, 2.75) is 0 Å². The lowest BCUT2D eigenvalue weighted by molar-refractivity contribution is -0.385. The number of nitro groups is 1. The summed E-state index contributed by atoms with van der Waals surface area (Å²) in [6.45, 7) is 3.53. The van der Waals surface area contributed by atoms with Gasteiger partial charge in [-0.15, -0.1) is 6.58 Å². The number of ether oxygens (including phenoxy) is 1. The second kappa shape index (κ2) is 6.53. The highest BCUT2D eigenvalue weighted by Crippen LogP contribution is 2.39. The van der Waals surface area contributed by atoms with Crippen molar-refractivity contribution in [1.29, 1.82) is 0 Å². The molecule has 1 saturated heterocycles. The predicted octanol–water partition coefficient (Wildman–Crippen LogP) is 2.53. The average Bonchev–Trinajstić information content (AvgIpc) is 2.77. The van der Waals surface area contributed by atoms with Gasteiger partial charge in [0.15, 0.2) is 11.5 Å². The van der Waals surface area contributed by atoms with Crippen LogP contribution in [0.3, 0.4) is 0 Å². The second-order valence-electron chi connectivity index (χ2n) is 4.42. The predicted molar refractivity (Wildman–Crippen MR) is 84.2 cm³/mol. The lowest BCUT2D eigenvalue weighted by atomic mass is 10.1. The molecule has 1 aromatic carbocycles. The van der Waals surface area contributed by atoms with Crippen LogP contribution >= 0.6 is 11.8 Å². The second-order valence-corrected chi connectivity index (χ2v) is 5.42. The number of hydrogen-bond acceptors (Lipinski definition) is 7. The molecule has 0 saturated carbocycles. The molecular weight excluding hydrogens is 324 g/mol. The minimum atomic E-state index is -0.650. The Morgan fingerprint density at radius 1 is 1.48 bits per heavy atom. The number of hydrogen-bond donors (Lipinski definition) is 1. The van der Waals surface area contributed by atoms with Crippen molar-refractivity contribution in [2.24, 2.45) is 0 Å². The van der Waals surface area contributed by atoms with Gasteiger partial charge in [0.05, 0.1) is 23.0 Å². The Labute approximate surface area is 135 Å². The van der Waals surface area contributed by atoms with Gasteiger partial charge in [-0.1, -0.05) is 6.08 Å². The number of carbonyl (C=O) groups is 2. The van der Waals surface area contributed by atoms with E-state index in [1.807, 2.05) is 0 Å². The largest absolute Gasteiger partial charge is 0.504 e. The molecule has 0 unspecified atom stereocenters. The summed E-state index contributed by atoms with van der Waals surface area (Å²) in [6, 6.07) is 2.16. The van der Waals surface area contributed by atoms with Crippen LogP contribution in [0.5, 0.6) is 11.5 Å². The van der Waals surface area contributed by atoms with Crippen LogP contribution in [0.15, 0.2) is 29.7 Å². The highest BCUT2D eigenvalue weighted by molar-refractivity contribution is 8.18.